The molecule has 0 unspecified atom stereocenters. The molecule has 0 radical (unpaired) electrons. The molecule has 0 bridgehead atoms. The van der Waals surface area contributed by atoms with Gasteiger partial charge in [0.1, 0.15) is 11.3 Å². The molecule has 0 saturated carbocycles. The summed E-state index contributed by atoms with van der Waals surface area (Å²) in [5.74, 6) is -0.273. The third-order valence-corrected chi connectivity index (χ3v) is 4.51. The Labute approximate surface area is 151 Å². The largest absolute Gasteiger partial charge is 0.573 e. The van der Waals surface area contributed by atoms with Crippen LogP contribution in [-0.2, 0) is 6.42 Å². The minimum atomic E-state index is -4.71. The third kappa shape index (κ3) is 3.56. The van der Waals surface area contributed by atoms with Crippen LogP contribution in [0, 0.1) is 0 Å². The number of ether oxygens (including phenoxy) is 1. The van der Waals surface area contributed by atoms with Gasteiger partial charge in [-0.2, -0.15) is 0 Å². The topological polar surface area (TPSA) is 50.8 Å². The predicted octanol–water partition coefficient (Wildman–Crippen LogP) is 5.22. The number of benzene rings is 1. The molecule has 0 atom stereocenters. The Morgan fingerprint density at radius 2 is 1.88 bits per heavy atom. The number of aromatic amines is 1. The molecule has 0 amide bonds. The molecule has 24 heavy (non-hydrogen) atoms. The van der Waals surface area contributed by atoms with E-state index in [0.29, 0.717) is 23.2 Å². The molecule has 3 aromatic rings. The molecule has 2 heterocycles. The molecule has 0 saturated heterocycles. The number of alkyl halides is 4. The van der Waals surface area contributed by atoms with E-state index in [1.165, 1.54) is 24.3 Å². The average molecular weight is 465 g/mol. The normalized spacial score (nSPS) is 11.9. The van der Waals surface area contributed by atoms with Gasteiger partial charge >= 0.3 is 6.36 Å². The lowest BCUT2D eigenvalue weighted by Crippen LogP contribution is -2.16. The zero-order chi connectivity index (χ0) is 17.3. The first-order chi connectivity index (χ1) is 11.4. The van der Waals surface area contributed by atoms with Crippen molar-refractivity contribution in [3.05, 3.63) is 40.8 Å². The van der Waals surface area contributed by atoms with Crippen molar-refractivity contribution in [3.63, 3.8) is 0 Å². The number of imidazole rings is 1. The Hall–Kier alpha value is -1.61. The van der Waals surface area contributed by atoms with Crippen molar-refractivity contribution >= 4 is 42.9 Å². The minimum absolute atomic E-state index is 0.273. The van der Waals surface area contributed by atoms with Crippen LogP contribution in [0.3, 0.4) is 0 Å². The first-order valence-corrected chi connectivity index (χ1v) is 8.74. The number of hydrogen-bond donors (Lipinski definition) is 1. The fraction of sp³-hybridized carbons (Fsp3) is 0.200. The van der Waals surface area contributed by atoms with Gasteiger partial charge in [-0.3, -0.25) is 0 Å². The number of aromatic nitrogens is 3. The van der Waals surface area contributed by atoms with E-state index in [1.807, 2.05) is 0 Å². The van der Waals surface area contributed by atoms with Crippen molar-refractivity contribution in [1.82, 2.24) is 15.0 Å². The second-order valence-corrected chi connectivity index (χ2v) is 6.44. The van der Waals surface area contributed by atoms with E-state index in [0.717, 1.165) is 21.0 Å². The van der Waals surface area contributed by atoms with Gasteiger partial charge < -0.3 is 9.72 Å². The van der Waals surface area contributed by atoms with E-state index in [9.17, 15) is 13.2 Å². The first-order valence-electron chi connectivity index (χ1n) is 6.82. The van der Waals surface area contributed by atoms with Crippen LogP contribution in [0.5, 0.6) is 5.75 Å². The fourth-order valence-electron chi connectivity index (χ4n) is 2.30. The van der Waals surface area contributed by atoms with Gasteiger partial charge in [-0.1, -0.05) is 15.9 Å². The SMILES string of the molecule is FC(F)(F)Oc1ccc(-c2nc(CCBr)c(Br)c3nc[nH]c23)cc1. The summed E-state index contributed by atoms with van der Waals surface area (Å²) in [7, 11) is 0. The van der Waals surface area contributed by atoms with Gasteiger partial charge in [0.2, 0.25) is 0 Å². The zero-order valence-corrected chi connectivity index (χ0v) is 15.2. The van der Waals surface area contributed by atoms with E-state index in [1.54, 1.807) is 6.33 Å². The second kappa shape index (κ2) is 6.72. The molecule has 0 aliphatic rings. The van der Waals surface area contributed by atoms with Crippen LogP contribution in [0.2, 0.25) is 0 Å². The van der Waals surface area contributed by atoms with Crippen LogP contribution in [0.15, 0.2) is 35.1 Å². The summed E-state index contributed by atoms with van der Waals surface area (Å²) < 4.78 is 41.5. The van der Waals surface area contributed by atoms with Crippen LogP contribution in [-0.4, -0.2) is 26.6 Å². The molecule has 126 valence electrons. The number of hydrogen-bond acceptors (Lipinski definition) is 3. The van der Waals surface area contributed by atoms with Crippen LogP contribution in [0.1, 0.15) is 5.69 Å². The Kier molecular flexibility index (Phi) is 4.82. The van der Waals surface area contributed by atoms with Gasteiger partial charge in [0.15, 0.2) is 0 Å². The molecule has 0 spiro atoms. The quantitative estimate of drug-likeness (QED) is 0.538. The lowest BCUT2D eigenvalue weighted by molar-refractivity contribution is -0.274. The van der Waals surface area contributed by atoms with Gasteiger partial charge in [-0.15, -0.1) is 13.2 Å². The molecule has 4 nitrogen and oxygen atoms in total. The minimum Gasteiger partial charge on any atom is -0.406 e. The highest BCUT2D eigenvalue weighted by Crippen LogP contribution is 2.33. The monoisotopic (exact) mass is 463 g/mol. The summed E-state index contributed by atoms with van der Waals surface area (Å²) in [5, 5.41) is 0.729. The molecule has 0 aliphatic carbocycles. The molecular formula is C15H10Br2F3N3O. The van der Waals surface area contributed by atoms with Crippen LogP contribution in [0.25, 0.3) is 22.3 Å². The van der Waals surface area contributed by atoms with Crippen molar-refractivity contribution in [2.45, 2.75) is 12.8 Å². The lowest BCUT2D eigenvalue weighted by atomic mass is 10.1. The number of nitrogens with one attached hydrogen (secondary N) is 1. The van der Waals surface area contributed by atoms with Gasteiger partial charge in [0.25, 0.3) is 0 Å². The maximum atomic E-state index is 12.3. The number of halogens is 5. The summed E-state index contributed by atoms with van der Waals surface area (Å²) in [4.78, 5) is 11.9. The molecule has 1 N–H and O–H groups in total. The number of rotatable bonds is 4. The summed E-state index contributed by atoms with van der Waals surface area (Å²) in [6.45, 7) is 0. The zero-order valence-electron chi connectivity index (χ0n) is 12.0. The molecule has 3 rings (SSSR count). The number of pyridine rings is 1. The number of fused-ring (bicyclic) bond motifs is 1. The molecule has 1 aromatic carbocycles. The third-order valence-electron chi connectivity index (χ3n) is 3.28. The van der Waals surface area contributed by atoms with E-state index >= 15 is 0 Å². The molecule has 0 aliphatic heterocycles. The van der Waals surface area contributed by atoms with Gasteiger partial charge in [-0.05, 0) is 40.2 Å². The Morgan fingerprint density at radius 3 is 2.50 bits per heavy atom. The second-order valence-electron chi connectivity index (χ2n) is 4.86. The highest BCUT2D eigenvalue weighted by Gasteiger charge is 2.31. The Balaban J connectivity index is 2.05. The van der Waals surface area contributed by atoms with Crippen molar-refractivity contribution in [3.8, 4) is 17.0 Å². The molecular weight excluding hydrogens is 455 g/mol. The molecule has 2 aromatic heterocycles. The Bertz CT molecular complexity index is 863. The van der Waals surface area contributed by atoms with Crippen molar-refractivity contribution in [1.29, 1.82) is 0 Å². The van der Waals surface area contributed by atoms with Gasteiger partial charge in [0, 0.05) is 17.3 Å². The maximum Gasteiger partial charge on any atom is 0.573 e. The summed E-state index contributed by atoms with van der Waals surface area (Å²) in [6, 6.07) is 5.60. The van der Waals surface area contributed by atoms with E-state index in [2.05, 4.69) is 51.5 Å². The highest BCUT2D eigenvalue weighted by atomic mass is 79.9. The van der Waals surface area contributed by atoms with Crippen molar-refractivity contribution < 1.29 is 17.9 Å². The highest BCUT2D eigenvalue weighted by molar-refractivity contribution is 9.10. The molecule has 0 fully saturated rings. The number of aryl methyl sites for hydroxylation is 1. The van der Waals surface area contributed by atoms with E-state index in [-0.39, 0.29) is 5.75 Å². The van der Waals surface area contributed by atoms with Crippen molar-refractivity contribution in [2.75, 3.05) is 5.33 Å². The van der Waals surface area contributed by atoms with Crippen LogP contribution in [0.4, 0.5) is 13.2 Å². The van der Waals surface area contributed by atoms with Crippen molar-refractivity contribution in [2.24, 2.45) is 0 Å². The number of nitrogens with zero attached hydrogens (tertiary/aromatic N) is 2. The standard InChI is InChI=1S/C15H10Br2F3N3O/c16-6-5-10-11(17)13-14(22-7-21-13)12(23-10)8-1-3-9(4-2-8)24-15(18,19)20/h1-4,7H,5-6H2,(H,21,22). The molecule has 9 heteroatoms. The summed E-state index contributed by atoms with van der Waals surface area (Å²) in [5.41, 5.74) is 3.55. The van der Waals surface area contributed by atoms with E-state index < -0.39 is 6.36 Å². The van der Waals surface area contributed by atoms with Gasteiger partial charge in [-0.25, -0.2) is 9.97 Å². The average Bonchev–Trinajstić information content (AvgIpc) is 3.00. The predicted molar refractivity (Wildman–Crippen MR) is 91.2 cm³/mol. The van der Waals surface area contributed by atoms with Crippen LogP contribution < -0.4 is 4.74 Å². The first kappa shape index (κ1) is 17.2. The van der Waals surface area contributed by atoms with E-state index in [4.69, 9.17) is 0 Å². The lowest BCUT2D eigenvalue weighted by Gasteiger charge is -2.11. The smallest absolute Gasteiger partial charge is 0.406 e. The van der Waals surface area contributed by atoms with Gasteiger partial charge in [0.05, 0.1) is 27.7 Å². The maximum absolute atomic E-state index is 12.3. The summed E-state index contributed by atoms with van der Waals surface area (Å²) in [6.07, 6.45) is -2.47. The Morgan fingerprint density at radius 1 is 1.17 bits per heavy atom. The number of H-pyrrole nitrogens is 1. The van der Waals surface area contributed by atoms with Crippen LogP contribution >= 0.6 is 31.9 Å². The summed E-state index contributed by atoms with van der Waals surface area (Å²) >= 11 is 6.88. The fourth-order valence-corrected chi connectivity index (χ4v) is 3.26.